The monoisotopic (exact) mass is 806 g/mol. The van der Waals surface area contributed by atoms with Gasteiger partial charge in [0.05, 0.1) is 0 Å². The van der Waals surface area contributed by atoms with Gasteiger partial charge >= 0.3 is 11.9 Å². The van der Waals surface area contributed by atoms with Gasteiger partial charge in [-0.3, -0.25) is 0 Å². The zero-order chi connectivity index (χ0) is 43.3. The van der Waals surface area contributed by atoms with Crippen molar-refractivity contribution in [3.63, 3.8) is 0 Å². The van der Waals surface area contributed by atoms with Gasteiger partial charge in [-0.2, -0.15) is 0 Å². The second-order valence-electron chi connectivity index (χ2n) is 19.2. The molecule has 2 saturated heterocycles. The smallest absolute Gasteiger partial charge is 0.342 e. The minimum atomic E-state index is -1.94. The molecule has 2 aromatic rings. The molecule has 0 radical (unpaired) electrons. The molecule has 0 aromatic heterocycles. The Morgan fingerprint density at radius 1 is 0.509 bits per heavy atom. The Balaban J connectivity index is 1.50. The van der Waals surface area contributed by atoms with Crippen molar-refractivity contribution < 1.29 is 74.1 Å². The topological polar surface area (TPSA) is 242 Å². The second kappa shape index (κ2) is 16.7. The number of phenols is 2. The fraction of sp³-hybridized carbons (Fsp3) is 0.667. The van der Waals surface area contributed by atoms with E-state index in [1.54, 1.807) is 0 Å². The molecule has 0 spiro atoms. The Morgan fingerprint density at radius 3 is 1.11 bits per heavy atom. The van der Waals surface area contributed by atoms with Crippen LogP contribution in [0.4, 0.5) is 0 Å². The first kappa shape index (κ1) is 46.3. The quantitative estimate of drug-likeness (QED) is 0.179. The average Bonchev–Trinajstić information content (AvgIpc) is 3.08. The number of carbonyl (C=O) groups is 2. The van der Waals surface area contributed by atoms with E-state index in [9.17, 15) is 50.4 Å². The van der Waals surface area contributed by atoms with Gasteiger partial charge in [-0.25, -0.2) is 9.59 Å². The number of ether oxygens (including phenoxy) is 5. The summed E-state index contributed by atoms with van der Waals surface area (Å²) in [5, 5.41) is 86.7. The van der Waals surface area contributed by atoms with Crippen LogP contribution in [0.5, 0.6) is 11.5 Å². The van der Waals surface area contributed by atoms with Crippen molar-refractivity contribution in [2.45, 2.75) is 166 Å². The number of hydrogen-bond donors (Lipinski definition) is 8. The summed E-state index contributed by atoms with van der Waals surface area (Å²) >= 11 is 0. The van der Waals surface area contributed by atoms with Crippen LogP contribution in [-0.2, 0) is 45.3 Å². The Hall–Kier alpha value is -3.38. The molecule has 0 unspecified atom stereocenters. The molecular weight excluding hydrogens is 744 g/mol. The largest absolute Gasteiger partial charge is 0.507 e. The first-order valence-electron chi connectivity index (χ1n) is 19.1. The Kier molecular flexibility index (Phi) is 13.6. The highest BCUT2D eigenvalue weighted by Gasteiger charge is 2.50. The molecule has 320 valence electrons. The number of rotatable bonds is 8. The first-order valence-corrected chi connectivity index (χ1v) is 19.1. The fourth-order valence-electron chi connectivity index (χ4n) is 6.53. The number of phenolic OH excluding ortho intramolecular Hbond substituents is 2. The van der Waals surface area contributed by atoms with E-state index in [1.165, 1.54) is 12.1 Å². The summed E-state index contributed by atoms with van der Waals surface area (Å²) in [6.07, 6.45) is -18.0. The van der Waals surface area contributed by atoms with E-state index in [1.807, 2.05) is 95.2 Å². The molecule has 2 aliphatic rings. The molecule has 4 rings (SSSR count). The summed E-state index contributed by atoms with van der Waals surface area (Å²) in [5.74, 6) is -2.47. The van der Waals surface area contributed by atoms with Crippen molar-refractivity contribution in [1.82, 2.24) is 0 Å². The maximum Gasteiger partial charge on any atom is 0.342 e. The lowest BCUT2D eigenvalue weighted by Gasteiger charge is -2.44. The normalized spacial score (nSPS) is 28.9. The van der Waals surface area contributed by atoms with Crippen molar-refractivity contribution >= 4 is 11.9 Å². The van der Waals surface area contributed by atoms with Crippen LogP contribution >= 0.6 is 0 Å². The van der Waals surface area contributed by atoms with Gasteiger partial charge < -0.3 is 64.5 Å². The summed E-state index contributed by atoms with van der Waals surface area (Å²) in [4.78, 5) is 26.8. The lowest BCUT2D eigenvalue weighted by atomic mass is 9.79. The van der Waals surface area contributed by atoms with Gasteiger partial charge in [0, 0.05) is 11.1 Å². The van der Waals surface area contributed by atoms with Crippen molar-refractivity contribution in [2.75, 3.05) is 13.2 Å². The highest BCUT2D eigenvalue weighted by molar-refractivity contribution is 5.94. The van der Waals surface area contributed by atoms with Crippen LogP contribution in [0.2, 0.25) is 0 Å². The Bertz CT molecular complexity index is 1640. The van der Waals surface area contributed by atoms with Crippen LogP contribution < -0.4 is 0 Å². The molecule has 15 heteroatoms. The molecule has 0 aliphatic carbocycles. The van der Waals surface area contributed by atoms with E-state index >= 15 is 0 Å². The molecule has 2 fully saturated rings. The standard InChI is InChI=1S/C42H62O15/c1-39(2,3)19-13-21(27(43)23(15-19)41(7,8)9)35(51)53-17-25-29(45)31(47)33(49)37(55-25)57-38-34(50)32(48)30(46)26(56-38)18-54-36(52)22-14-20(40(4,5)6)16-24(28(22)44)42(10,11)12/h13-16,25-26,29-34,37-38,43-50H,17-18H2,1-12H3/t25-,26-,29-,30-,31+,32+,33-,34-,37-,38-/m1/s1. The van der Waals surface area contributed by atoms with Gasteiger partial charge in [0.1, 0.15) is 84.7 Å². The number of aromatic hydroxyl groups is 2. The van der Waals surface area contributed by atoms with E-state index in [0.29, 0.717) is 11.1 Å². The maximum absolute atomic E-state index is 13.4. The van der Waals surface area contributed by atoms with Crippen LogP contribution in [-0.4, -0.2) is 127 Å². The summed E-state index contributed by atoms with van der Waals surface area (Å²) in [7, 11) is 0. The van der Waals surface area contributed by atoms with Crippen molar-refractivity contribution in [1.29, 1.82) is 0 Å². The minimum Gasteiger partial charge on any atom is -0.507 e. The van der Waals surface area contributed by atoms with E-state index in [-0.39, 0.29) is 22.6 Å². The predicted octanol–water partition coefficient (Wildman–Crippen LogP) is 2.93. The highest BCUT2D eigenvalue weighted by atomic mass is 16.8. The summed E-state index contributed by atoms with van der Waals surface area (Å²) in [6, 6.07) is 6.68. The number of esters is 2. The zero-order valence-electron chi connectivity index (χ0n) is 34.9. The molecule has 0 amide bonds. The summed E-state index contributed by atoms with van der Waals surface area (Å²) in [5.41, 5.74) is 0.397. The minimum absolute atomic E-state index is 0.129. The molecule has 0 bridgehead atoms. The van der Waals surface area contributed by atoms with Gasteiger partial charge in [0.2, 0.25) is 0 Å². The van der Waals surface area contributed by atoms with Gasteiger partial charge in [0.15, 0.2) is 12.6 Å². The third-order valence-electron chi connectivity index (χ3n) is 10.4. The summed E-state index contributed by atoms with van der Waals surface area (Å²) < 4.78 is 27.9. The van der Waals surface area contributed by atoms with E-state index in [4.69, 9.17) is 23.7 Å². The van der Waals surface area contributed by atoms with E-state index in [0.717, 1.165) is 11.1 Å². The van der Waals surface area contributed by atoms with Crippen LogP contribution in [0.25, 0.3) is 0 Å². The van der Waals surface area contributed by atoms with Gasteiger partial charge in [-0.15, -0.1) is 0 Å². The second-order valence-corrected chi connectivity index (χ2v) is 19.2. The van der Waals surface area contributed by atoms with Crippen molar-refractivity contribution in [3.8, 4) is 11.5 Å². The average molecular weight is 807 g/mol. The van der Waals surface area contributed by atoms with Crippen LogP contribution in [0.1, 0.15) is 126 Å². The number of benzene rings is 2. The number of carbonyl (C=O) groups excluding carboxylic acids is 2. The number of aliphatic hydroxyl groups is 6. The molecule has 0 saturated carbocycles. The third kappa shape index (κ3) is 10.3. The van der Waals surface area contributed by atoms with Crippen molar-refractivity contribution in [2.24, 2.45) is 0 Å². The third-order valence-corrected chi connectivity index (χ3v) is 10.4. The Labute approximate surface area is 334 Å². The molecule has 2 aliphatic heterocycles. The van der Waals surface area contributed by atoms with Crippen LogP contribution in [0.15, 0.2) is 24.3 Å². The molecule has 15 nitrogen and oxygen atoms in total. The molecule has 2 heterocycles. The van der Waals surface area contributed by atoms with E-state index in [2.05, 4.69) is 0 Å². The molecule has 10 atom stereocenters. The van der Waals surface area contributed by atoms with Gasteiger partial charge in [-0.1, -0.05) is 95.2 Å². The molecule has 8 N–H and O–H groups in total. The lowest BCUT2D eigenvalue weighted by molar-refractivity contribution is -0.376. The predicted molar refractivity (Wildman–Crippen MR) is 206 cm³/mol. The molecule has 57 heavy (non-hydrogen) atoms. The maximum atomic E-state index is 13.4. The van der Waals surface area contributed by atoms with E-state index < -0.39 is 108 Å². The van der Waals surface area contributed by atoms with Gasteiger partial charge in [-0.05, 0) is 44.9 Å². The molecule has 2 aromatic carbocycles. The van der Waals surface area contributed by atoms with Crippen LogP contribution in [0, 0.1) is 0 Å². The van der Waals surface area contributed by atoms with Crippen LogP contribution in [0.3, 0.4) is 0 Å². The number of hydrogen-bond acceptors (Lipinski definition) is 15. The first-order chi connectivity index (χ1) is 25.9. The SMILES string of the molecule is CC(C)(C)c1cc(C(=O)OC[C@H]2O[C@H](O[C@H]3O[C@H](COC(=O)c4cc(C(C)(C)C)cc(C(C)(C)C)c4O)[C@@H](O)[C@H](O)[C@H]3O)[C@H](O)[C@@H](O)[C@@H]2O)c(O)c(C(C)(C)C)c1. The van der Waals surface area contributed by atoms with Gasteiger partial charge in [0.25, 0.3) is 0 Å². The zero-order valence-corrected chi connectivity index (χ0v) is 34.9. The summed E-state index contributed by atoms with van der Waals surface area (Å²) in [6.45, 7) is 21.6. The number of aliphatic hydroxyl groups excluding tert-OH is 6. The fourth-order valence-corrected chi connectivity index (χ4v) is 6.53. The highest BCUT2D eigenvalue weighted by Crippen LogP contribution is 2.40. The lowest BCUT2D eigenvalue weighted by Crippen LogP contribution is -2.64. The van der Waals surface area contributed by atoms with Crippen molar-refractivity contribution in [3.05, 3.63) is 57.6 Å². The Morgan fingerprint density at radius 2 is 0.825 bits per heavy atom. The molecular formula is C42H62O15.